The van der Waals surface area contributed by atoms with Crippen molar-refractivity contribution in [2.24, 2.45) is 0 Å². The van der Waals surface area contributed by atoms with Crippen LogP contribution >= 0.6 is 11.8 Å². The van der Waals surface area contributed by atoms with Gasteiger partial charge in [0.25, 0.3) is 0 Å². The van der Waals surface area contributed by atoms with Crippen molar-refractivity contribution in [1.82, 2.24) is 10.6 Å². The Hall–Kier alpha value is -1.20. The van der Waals surface area contributed by atoms with Crippen LogP contribution in [0.2, 0.25) is 0 Å². The Balaban J connectivity index is 1.66. The third-order valence-electron chi connectivity index (χ3n) is 3.25. The van der Waals surface area contributed by atoms with Crippen LogP contribution in [0.3, 0.4) is 0 Å². The smallest absolute Gasteiger partial charge is 0.238 e. The number of thioether (sulfide) groups is 1. The average molecular weight is 294 g/mol. The number of benzene rings is 1. The lowest BCUT2D eigenvalue weighted by Crippen LogP contribution is -2.43. The van der Waals surface area contributed by atoms with Crippen LogP contribution in [0.1, 0.15) is 25.3 Å². The Bertz CT molecular complexity index is 428. The van der Waals surface area contributed by atoms with Crippen molar-refractivity contribution in [2.45, 2.75) is 25.8 Å². The number of hydrogen-bond donors (Lipinski definition) is 2. The van der Waals surface area contributed by atoms with Gasteiger partial charge in [0.15, 0.2) is 0 Å². The van der Waals surface area contributed by atoms with Gasteiger partial charge >= 0.3 is 0 Å². The molecule has 1 aromatic rings. The van der Waals surface area contributed by atoms with Gasteiger partial charge in [-0.2, -0.15) is 0 Å². The number of ether oxygens (including phenoxy) is 1. The summed E-state index contributed by atoms with van der Waals surface area (Å²) in [7, 11) is 0. The van der Waals surface area contributed by atoms with Gasteiger partial charge in [0.2, 0.25) is 5.91 Å². The lowest BCUT2D eigenvalue weighted by molar-refractivity contribution is -0.122. The number of carbonyl (C=O) groups excluding carboxylic acids is 1. The largest absolute Gasteiger partial charge is 0.492 e. The van der Waals surface area contributed by atoms with E-state index in [-0.39, 0.29) is 11.9 Å². The van der Waals surface area contributed by atoms with Crippen molar-refractivity contribution < 1.29 is 9.53 Å². The van der Waals surface area contributed by atoms with E-state index in [0.717, 1.165) is 17.4 Å². The second-order valence-electron chi connectivity index (χ2n) is 5.14. The van der Waals surface area contributed by atoms with Crippen LogP contribution in [0.5, 0.6) is 5.75 Å². The zero-order chi connectivity index (χ0) is 14.4. The molecular formula is C15H22N2O2S. The van der Waals surface area contributed by atoms with Gasteiger partial charge in [-0.25, -0.2) is 0 Å². The van der Waals surface area contributed by atoms with E-state index >= 15 is 0 Å². The molecule has 0 saturated carbocycles. The molecule has 1 amide bonds. The topological polar surface area (TPSA) is 50.4 Å². The maximum Gasteiger partial charge on any atom is 0.238 e. The van der Waals surface area contributed by atoms with Crippen LogP contribution in [-0.2, 0) is 4.79 Å². The number of amides is 1. The van der Waals surface area contributed by atoms with Crippen molar-refractivity contribution in [3.05, 3.63) is 29.8 Å². The van der Waals surface area contributed by atoms with Crippen molar-refractivity contribution >= 4 is 17.7 Å². The average Bonchev–Trinajstić information content (AvgIpc) is 2.98. The molecule has 20 heavy (non-hydrogen) atoms. The summed E-state index contributed by atoms with van der Waals surface area (Å²) in [5.41, 5.74) is 1.30. The molecule has 1 saturated heterocycles. The van der Waals surface area contributed by atoms with Gasteiger partial charge in [-0.15, -0.1) is 11.8 Å². The minimum atomic E-state index is -0.0506. The first kappa shape index (κ1) is 15.2. The van der Waals surface area contributed by atoms with Crippen molar-refractivity contribution in [1.29, 1.82) is 0 Å². The molecule has 1 unspecified atom stereocenters. The molecule has 0 spiro atoms. The van der Waals surface area contributed by atoms with E-state index in [1.54, 1.807) is 11.8 Å². The fourth-order valence-electron chi connectivity index (χ4n) is 1.98. The van der Waals surface area contributed by atoms with Gasteiger partial charge in [0, 0.05) is 11.6 Å². The predicted molar refractivity (Wildman–Crippen MR) is 83.3 cm³/mol. The van der Waals surface area contributed by atoms with Gasteiger partial charge < -0.3 is 10.1 Å². The molecule has 1 aliphatic heterocycles. The summed E-state index contributed by atoms with van der Waals surface area (Å²) in [5, 5.41) is 6.03. The van der Waals surface area contributed by atoms with Crippen LogP contribution in [0, 0.1) is 0 Å². The van der Waals surface area contributed by atoms with Crippen LogP contribution in [-0.4, -0.2) is 36.7 Å². The fourth-order valence-corrected chi connectivity index (χ4v) is 2.92. The molecule has 5 heteroatoms. The molecule has 0 radical (unpaired) electrons. The minimum Gasteiger partial charge on any atom is -0.492 e. The molecule has 0 aromatic heterocycles. The van der Waals surface area contributed by atoms with E-state index in [1.165, 1.54) is 5.56 Å². The van der Waals surface area contributed by atoms with Crippen molar-refractivity contribution in [3.8, 4) is 5.75 Å². The monoisotopic (exact) mass is 294 g/mol. The van der Waals surface area contributed by atoms with E-state index in [4.69, 9.17) is 4.74 Å². The fraction of sp³-hybridized carbons (Fsp3) is 0.533. The maximum absolute atomic E-state index is 11.7. The first-order chi connectivity index (χ1) is 9.66. The van der Waals surface area contributed by atoms with Crippen LogP contribution in [0.25, 0.3) is 0 Å². The van der Waals surface area contributed by atoms with Gasteiger partial charge in [-0.05, 0) is 23.6 Å². The summed E-state index contributed by atoms with van der Waals surface area (Å²) < 4.78 is 5.61. The highest BCUT2D eigenvalue weighted by molar-refractivity contribution is 7.99. The van der Waals surface area contributed by atoms with Crippen LogP contribution in [0.15, 0.2) is 24.3 Å². The van der Waals surface area contributed by atoms with E-state index in [2.05, 4.69) is 36.6 Å². The van der Waals surface area contributed by atoms with E-state index in [1.807, 2.05) is 12.1 Å². The van der Waals surface area contributed by atoms with Crippen molar-refractivity contribution in [2.75, 3.05) is 24.8 Å². The van der Waals surface area contributed by atoms with Crippen LogP contribution < -0.4 is 15.4 Å². The highest BCUT2D eigenvalue weighted by Crippen LogP contribution is 2.18. The standard InChI is InChI=1S/C15H22N2O2S/c1-11(2)12-3-5-13(6-4-12)19-8-7-16-15(18)14-9-20-10-17-14/h3-6,11,14,17H,7-10H2,1-2H3,(H,16,18). The SMILES string of the molecule is CC(C)c1ccc(OCCNC(=O)C2CSCN2)cc1. The minimum absolute atomic E-state index is 0.0506. The Morgan fingerprint density at radius 1 is 1.45 bits per heavy atom. The number of carbonyl (C=O) groups is 1. The highest BCUT2D eigenvalue weighted by Gasteiger charge is 2.21. The van der Waals surface area contributed by atoms with Crippen molar-refractivity contribution in [3.63, 3.8) is 0 Å². The first-order valence-corrected chi connectivity index (χ1v) is 8.14. The molecule has 1 atom stereocenters. The molecule has 1 aromatic carbocycles. The summed E-state index contributed by atoms with van der Waals surface area (Å²) in [5.74, 6) is 3.15. The van der Waals surface area contributed by atoms with Gasteiger partial charge in [-0.1, -0.05) is 26.0 Å². The molecule has 0 bridgehead atoms. The van der Waals surface area contributed by atoms with Gasteiger partial charge in [0.1, 0.15) is 12.4 Å². The Morgan fingerprint density at radius 3 is 2.80 bits per heavy atom. The molecular weight excluding hydrogens is 272 g/mol. The summed E-state index contributed by atoms with van der Waals surface area (Å²) in [4.78, 5) is 11.7. The summed E-state index contributed by atoms with van der Waals surface area (Å²) in [6.45, 7) is 5.36. The van der Waals surface area contributed by atoms with Gasteiger partial charge in [0.05, 0.1) is 12.6 Å². The first-order valence-electron chi connectivity index (χ1n) is 6.98. The summed E-state index contributed by atoms with van der Waals surface area (Å²) in [6, 6.07) is 8.07. The number of rotatable bonds is 6. The zero-order valence-corrected chi connectivity index (χ0v) is 12.8. The molecule has 0 aliphatic carbocycles. The Morgan fingerprint density at radius 2 is 2.20 bits per heavy atom. The molecule has 4 nitrogen and oxygen atoms in total. The third kappa shape index (κ3) is 4.42. The Kier molecular flexibility index (Phi) is 5.73. The third-order valence-corrected chi connectivity index (χ3v) is 4.19. The molecule has 1 fully saturated rings. The number of hydrogen-bond acceptors (Lipinski definition) is 4. The summed E-state index contributed by atoms with van der Waals surface area (Å²) in [6.07, 6.45) is 0. The zero-order valence-electron chi connectivity index (χ0n) is 12.0. The highest BCUT2D eigenvalue weighted by atomic mass is 32.2. The normalized spacial score (nSPS) is 18.2. The van der Waals surface area contributed by atoms with E-state index < -0.39 is 0 Å². The second kappa shape index (κ2) is 7.55. The van der Waals surface area contributed by atoms with E-state index in [0.29, 0.717) is 19.1 Å². The second-order valence-corrected chi connectivity index (χ2v) is 6.17. The lowest BCUT2D eigenvalue weighted by Gasteiger charge is -2.12. The maximum atomic E-state index is 11.7. The molecule has 2 rings (SSSR count). The summed E-state index contributed by atoms with van der Waals surface area (Å²) >= 11 is 1.75. The van der Waals surface area contributed by atoms with E-state index in [9.17, 15) is 4.79 Å². The molecule has 1 heterocycles. The molecule has 1 aliphatic rings. The quantitative estimate of drug-likeness (QED) is 0.788. The Labute approximate surface area is 124 Å². The van der Waals surface area contributed by atoms with Gasteiger partial charge in [-0.3, -0.25) is 10.1 Å². The number of nitrogens with one attached hydrogen (secondary N) is 2. The predicted octanol–water partition coefficient (Wildman–Crippen LogP) is 1.97. The lowest BCUT2D eigenvalue weighted by atomic mass is 10.0. The van der Waals surface area contributed by atoms with Crippen LogP contribution in [0.4, 0.5) is 0 Å². The molecule has 2 N–H and O–H groups in total. The molecule has 110 valence electrons.